The van der Waals surface area contributed by atoms with Crippen LogP contribution < -0.4 is 0 Å². The lowest BCUT2D eigenvalue weighted by molar-refractivity contribution is -0.126. The van der Waals surface area contributed by atoms with Gasteiger partial charge in [-0.2, -0.15) is 0 Å². The Labute approximate surface area is 128 Å². The minimum atomic E-state index is -0.246. The normalized spacial score (nSPS) is 12.7. The summed E-state index contributed by atoms with van der Waals surface area (Å²) in [5.74, 6) is 0.289. The summed E-state index contributed by atoms with van der Waals surface area (Å²) in [6, 6.07) is 0. The van der Waals surface area contributed by atoms with Crippen molar-refractivity contribution in [3.8, 4) is 0 Å². The molecule has 0 saturated heterocycles. The van der Waals surface area contributed by atoms with Crippen LogP contribution in [0.1, 0.15) is 60.1 Å². The molecule has 1 heterocycles. The maximum atomic E-state index is 11.7. The number of Topliss-reactive ketones (excluding diaryl/α,β-unsaturated/α-hetero) is 1. The van der Waals surface area contributed by atoms with Gasteiger partial charge < -0.3 is 4.74 Å². The number of hydrogen-bond donors (Lipinski definition) is 0. The van der Waals surface area contributed by atoms with Gasteiger partial charge in [0.1, 0.15) is 5.78 Å². The highest BCUT2D eigenvalue weighted by molar-refractivity contribution is 5.83. The number of hydrogen-bond acceptors (Lipinski definition) is 4. The molecule has 0 fully saturated rings. The first-order chi connectivity index (χ1) is 9.60. The molecule has 5 nitrogen and oxygen atoms in total. The summed E-state index contributed by atoms with van der Waals surface area (Å²) >= 11 is 0. The predicted octanol–water partition coefficient (Wildman–Crippen LogP) is 2.99. The van der Waals surface area contributed by atoms with Crippen molar-refractivity contribution in [2.45, 2.75) is 66.3 Å². The lowest BCUT2D eigenvalue weighted by atomic mass is 9.88. The van der Waals surface area contributed by atoms with Crippen LogP contribution in [0.5, 0.6) is 0 Å². The minimum Gasteiger partial charge on any atom is -0.380 e. The van der Waals surface area contributed by atoms with E-state index >= 15 is 0 Å². The molecule has 0 aliphatic rings. The van der Waals surface area contributed by atoms with Crippen molar-refractivity contribution in [1.82, 2.24) is 15.0 Å². The lowest BCUT2D eigenvalue weighted by Gasteiger charge is -2.16. The van der Waals surface area contributed by atoms with Crippen molar-refractivity contribution < 1.29 is 9.53 Å². The van der Waals surface area contributed by atoms with Gasteiger partial charge >= 0.3 is 0 Å². The Hall–Kier alpha value is -1.23. The third-order valence-electron chi connectivity index (χ3n) is 3.30. The van der Waals surface area contributed by atoms with E-state index in [1.807, 2.05) is 27.0 Å². The number of rotatable bonds is 7. The number of carbonyl (C=O) groups is 1. The first-order valence-corrected chi connectivity index (χ1v) is 7.62. The summed E-state index contributed by atoms with van der Waals surface area (Å²) in [6.07, 6.45) is 3.33. The number of aromatic nitrogens is 3. The molecule has 0 radical (unpaired) electrons. The van der Waals surface area contributed by atoms with Gasteiger partial charge in [-0.15, -0.1) is 5.10 Å². The zero-order valence-corrected chi connectivity index (χ0v) is 14.3. The van der Waals surface area contributed by atoms with Crippen LogP contribution in [0.3, 0.4) is 0 Å². The quantitative estimate of drug-likeness (QED) is 0.726. The van der Waals surface area contributed by atoms with Crippen molar-refractivity contribution >= 4 is 5.78 Å². The van der Waals surface area contributed by atoms with E-state index in [0.29, 0.717) is 26.2 Å². The van der Waals surface area contributed by atoms with Crippen molar-refractivity contribution in [1.29, 1.82) is 0 Å². The predicted molar refractivity (Wildman–Crippen MR) is 83.2 cm³/mol. The molecular weight excluding hydrogens is 266 g/mol. The second-order valence-corrected chi connectivity index (χ2v) is 7.51. The standard InChI is InChI=1S/C16H29N3O2/c1-15(2,3)13-12-19(18-17-13)9-11-21-10-7-8-14(20)16(4,5)6/h12H,7-11H2,1-6H3. The molecule has 0 amide bonds. The van der Waals surface area contributed by atoms with E-state index in [1.54, 1.807) is 4.68 Å². The molecule has 1 rings (SSSR count). The Morgan fingerprint density at radius 3 is 2.38 bits per heavy atom. The molecule has 0 N–H and O–H groups in total. The summed E-state index contributed by atoms with van der Waals surface area (Å²) in [5, 5.41) is 8.26. The highest BCUT2D eigenvalue weighted by atomic mass is 16.5. The monoisotopic (exact) mass is 295 g/mol. The molecule has 5 heteroatoms. The highest BCUT2D eigenvalue weighted by Gasteiger charge is 2.20. The molecular formula is C16H29N3O2. The fourth-order valence-corrected chi connectivity index (χ4v) is 1.72. The van der Waals surface area contributed by atoms with Gasteiger partial charge in [0.25, 0.3) is 0 Å². The van der Waals surface area contributed by atoms with Gasteiger partial charge in [0.15, 0.2) is 0 Å². The lowest BCUT2D eigenvalue weighted by Crippen LogP contribution is -2.20. The molecule has 120 valence electrons. The van der Waals surface area contributed by atoms with Crippen LogP contribution in [-0.2, 0) is 21.5 Å². The maximum Gasteiger partial charge on any atom is 0.138 e. The van der Waals surface area contributed by atoms with Crippen LogP contribution in [0, 0.1) is 5.41 Å². The molecule has 0 unspecified atom stereocenters. The Morgan fingerprint density at radius 2 is 1.86 bits per heavy atom. The Balaban J connectivity index is 2.18. The first-order valence-electron chi connectivity index (χ1n) is 7.62. The fraction of sp³-hybridized carbons (Fsp3) is 0.812. The SMILES string of the molecule is CC(C)(C)C(=O)CCCOCCn1cc(C(C)(C)C)nn1. The maximum absolute atomic E-state index is 11.7. The van der Waals surface area contributed by atoms with Crippen LogP contribution in [0.4, 0.5) is 0 Å². The summed E-state index contributed by atoms with van der Waals surface area (Å²) in [7, 11) is 0. The second-order valence-electron chi connectivity index (χ2n) is 7.51. The number of ketones is 1. The molecule has 0 atom stereocenters. The van der Waals surface area contributed by atoms with Gasteiger partial charge in [0.05, 0.1) is 18.8 Å². The summed E-state index contributed by atoms with van der Waals surface area (Å²) in [6.45, 7) is 14.1. The molecule has 21 heavy (non-hydrogen) atoms. The zero-order valence-electron chi connectivity index (χ0n) is 14.3. The molecule has 0 spiro atoms. The van der Waals surface area contributed by atoms with Crippen LogP contribution in [0.25, 0.3) is 0 Å². The number of carbonyl (C=O) groups excluding carboxylic acids is 1. The number of nitrogens with zero attached hydrogens (tertiary/aromatic N) is 3. The van der Waals surface area contributed by atoms with Gasteiger partial charge in [-0.05, 0) is 6.42 Å². The van der Waals surface area contributed by atoms with E-state index in [4.69, 9.17) is 4.74 Å². The van der Waals surface area contributed by atoms with Crippen molar-refractivity contribution in [3.05, 3.63) is 11.9 Å². The first kappa shape index (κ1) is 17.8. The summed E-state index contributed by atoms with van der Waals surface area (Å²) in [5.41, 5.74) is 0.759. The van der Waals surface area contributed by atoms with E-state index in [1.165, 1.54) is 0 Å². The summed E-state index contributed by atoms with van der Waals surface area (Å²) in [4.78, 5) is 11.7. The highest BCUT2D eigenvalue weighted by Crippen LogP contribution is 2.19. The van der Waals surface area contributed by atoms with Crippen LogP contribution >= 0.6 is 0 Å². The van der Waals surface area contributed by atoms with Crippen LogP contribution in [-0.4, -0.2) is 34.0 Å². The van der Waals surface area contributed by atoms with Gasteiger partial charge in [-0.25, -0.2) is 4.68 Å². The molecule has 1 aromatic heterocycles. The summed E-state index contributed by atoms with van der Waals surface area (Å²) < 4.78 is 7.36. The fourth-order valence-electron chi connectivity index (χ4n) is 1.72. The zero-order chi connectivity index (χ0) is 16.1. The minimum absolute atomic E-state index is 0.0203. The van der Waals surface area contributed by atoms with Crippen molar-refractivity contribution in [3.63, 3.8) is 0 Å². The second kappa shape index (κ2) is 7.16. The van der Waals surface area contributed by atoms with E-state index < -0.39 is 0 Å². The molecule has 0 aliphatic heterocycles. The van der Waals surface area contributed by atoms with E-state index in [0.717, 1.165) is 12.1 Å². The van der Waals surface area contributed by atoms with E-state index in [9.17, 15) is 4.79 Å². The molecule has 1 aromatic rings. The van der Waals surface area contributed by atoms with Crippen LogP contribution in [0.15, 0.2) is 6.20 Å². The van der Waals surface area contributed by atoms with E-state index in [2.05, 4.69) is 31.1 Å². The Morgan fingerprint density at radius 1 is 1.19 bits per heavy atom. The largest absolute Gasteiger partial charge is 0.380 e. The van der Waals surface area contributed by atoms with Gasteiger partial charge in [0.2, 0.25) is 0 Å². The Bertz CT molecular complexity index is 453. The topological polar surface area (TPSA) is 57.0 Å². The van der Waals surface area contributed by atoms with E-state index in [-0.39, 0.29) is 16.6 Å². The molecule has 0 aliphatic carbocycles. The van der Waals surface area contributed by atoms with Crippen molar-refractivity contribution in [2.24, 2.45) is 5.41 Å². The van der Waals surface area contributed by atoms with Crippen molar-refractivity contribution in [2.75, 3.05) is 13.2 Å². The van der Waals surface area contributed by atoms with Gasteiger partial charge in [0, 0.05) is 30.1 Å². The smallest absolute Gasteiger partial charge is 0.138 e. The average Bonchev–Trinajstić information content (AvgIpc) is 2.80. The van der Waals surface area contributed by atoms with Gasteiger partial charge in [-0.1, -0.05) is 46.8 Å². The van der Waals surface area contributed by atoms with Gasteiger partial charge in [-0.3, -0.25) is 4.79 Å². The molecule has 0 saturated carbocycles. The third kappa shape index (κ3) is 6.38. The molecule has 0 aromatic carbocycles. The molecule has 0 bridgehead atoms. The number of ether oxygens (including phenoxy) is 1. The third-order valence-corrected chi connectivity index (χ3v) is 3.30. The van der Waals surface area contributed by atoms with Crippen LogP contribution in [0.2, 0.25) is 0 Å². The Kier molecular flexibility index (Phi) is 6.08. The average molecular weight is 295 g/mol.